The number of ether oxygens (including phenoxy) is 2. The minimum atomic E-state index is -2.19. The minimum Gasteiger partial charge on any atom is -0.521 e. The fourth-order valence-electron chi connectivity index (χ4n) is 2.84. The first kappa shape index (κ1) is 20.2. The largest absolute Gasteiger partial charge is 0.521 e. The van der Waals surface area contributed by atoms with Crippen molar-refractivity contribution in [2.45, 2.75) is 26.2 Å². The van der Waals surface area contributed by atoms with Gasteiger partial charge < -0.3 is 18.0 Å². The molecular formula is C22H26O4Si2. The van der Waals surface area contributed by atoms with E-state index < -0.39 is 17.6 Å². The second kappa shape index (κ2) is 9.10. The molecule has 0 radical (unpaired) electrons. The van der Waals surface area contributed by atoms with Crippen LogP contribution in [0.25, 0.3) is 0 Å². The van der Waals surface area contributed by atoms with Gasteiger partial charge in [-0.3, -0.25) is 0 Å². The first-order valence-electron chi connectivity index (χ1n) is 9.37. The molecule has 0 atom stereocenters. The number of benzene rings is 3. The quantitative estimate of drug-likeness (QED) is 0.405. The first-order valence-corrected chi connectivity index (χ1v) is 15.0. The van der Waals surface area contributed by atoms with E-state index in [1.165, 1.54) is 0 Å². The highest BCUT2D eigenvalue weighted by atomic mass is 28.4. The summed E-state index contributed by atoms with van der Waals surface area (Å²) in [6.07, 6.45) is 0. The molecular weight excluding hydrogens is 384 g/mol. The van der Waals surface area contributed by atoms with Crippen LogP contribution in [0.1, 0.15) is 0 Å². The molecule has 0 heterocycles. The highest BCUT2D eigenvalue weighted by Gasteiger charge is 2.28. The van der Waals surface area contributed by atoms with Gasteiger partial charge in [-0.1, -0.05) is 30.3 Å². The standard InChI is InChI=1S/C22H26O4Si2/c1-27(2)26-28(3,4)25-22-15-9-14-21(17-22)24-20-13-8-12-19(16-20)23-18-10-6-5-7-11-18/h5-17,27H,1-4H3. The molecule has 0 unspecified atom stereocenters. The lowest BCUT2D eigenvalue weighted by molar-refractivity contribution is 0.404. The molecule has 3 rings (SSSR count). The van der Waals surface area contributed by atoms with Gasteiger partial charge in [0.25, 0.3) is 0 Å². The minimum absolute atomic E-state index is 0.702. The Morgan fingerprint density at radius 3 is 1.64 bits per heavy atom. The van der Waals surface area contributed by atoms with Gasteiger partial charge in [-0.05, 0) is 62.6 Å². The van der Waals surface area contributed by atoms with Crippen LogP contribution in [-0.2, 0) is 4.12 Å². The maximum absolute atomic E-state index is 6.14. The zero-order valence-corrected chi connectivity index (χ0v) is 18.9. The molecule has 6 heteroatoms. The molecule has 0 spiro atoms. The van der Waals surface area contributed by atoms with E-state index in [0.29, 0.717) is 11.5 Å². The van der Waals surface area contributed by atoms with E-state index >= 15 is 0 Å². The summed E-state index contributed by atoms with van der Waals surface area (Å²) in [5, 5.41) is 0. The van der Waals surface area contributed by atoms with Gasteiger partial charge in [-0.15, -0.1) is 0 Å². The molecule has 0 aliphatic heterocycles. The molecule has 0 saturated heterocycles. The molecule has 146 valence electrons. The van der Waals surface area contributed by atoms with Crippen LogP contribution >= 0.6 is 0 Å². The molecule has 0 amide bonds. The van der Waals surface area contributed by atoms with Crippen LogP contribution in [0.5, 0.6) is 28.7 Å². The summed E-state index contributed by atoms with van der Waals surface area (Å²) in [5.41, 5.74) is 0. The van der Waals surface area contributed by atoms with E-state index in [9.17, 15) is 0 Å². The van der Waals surface area contributed by atoms with Crippen LogP contribution in [0.2, 0.25) is 26.2 Å². The summed E-state index contributed by atoms with van der Waals surface area (Å²) < 4.78 is 24.1. The van der Waals surface area contributed by atoms with Crippen molar-refractivity contribution in [1.82, 2.24) is 0 Å². The number of hydrogen-bond donors (Lipinski definition) is 0. The van der Waals surface area contributed by atoms with Crippen molar-refractivity contribution in [2.75, 3.05) is 0 Å². The Morgan fingerprint density at radius 1 is 0.607 bits per heavy atom. The Hall–Kier alpha value is -2.55. The fraction of sp³-hybridized carbons (Fsp3) is 0.182. The third-order valence-electron chi connectivity index (χ3n) is 3.71. The Bertz CT molecular complexity index is 898. The average Bonchev–Trinajstić information content (AvgIpc) is 2.61. The molecule has 0 aliphatic rings. The van der Waals surface area contributed by atoms with Gasteiger partial charge >= 0.3 is 8.56 Å². The fourth-order valence-corrected chi connectivity index (χ4v) is 8.27. The molecule has 4 nitrogen and oxygen atoms in total. The second-order valence-corrected chi connectivity index (χ2v) is 13.2. The lowest BCUT2D eigenvalue weighted by atomic mass is 10.3. The molecule has 0 saturated carbocycles. The summed E-state index contributed by atoms with van der Waals surface area (Å²) in [6, 6.07) is 24.9. The Balaban J connectivity index is 1.69. The van der Waals surface area contributed by atoms with Crippen molar-refractivity contribution in [3.63, 3.8) is 0 Å². The molecule has 0 fully saturated rings. The van der Waals surface area contributed by atoms with Crippen LogP contribution < -0.4 is 13.9 Å². The zero-order valence-electron chi connectivity index (χ0n) is 16.7. The number of para-hydroxylation sites is 1. The molecule has 0 aromatic heterocycles. The smallest absolute Gasteiger partial charge is 0.382 e. The van der Waals surface area contributed by atoms with Crippen LogP contribution in [0.15, 0.2) is 78.9 Å². The van der Waals surface area contributed by atoms with Crippen molar-refractivity contribution in [3.8, 4) is 28.7 Å². The predicted octanol–water partition coefficient (Wildman–Crippen LogP) is 6.35. The average molecular weight is 411 g/mol. The Morgan fingerprint density at radius 2 is 1.07 bits per heavy atom. The Kier molecular flexibility index (Phi) is 6.56. The van der Waals surface area contributed by atoms with E-state index in [-0.39, 0.29) is 0 Å². The third-order valence-corrected chi connectivity index (χ3v) is 8.59. The second-order valence-electron chi connectivity index (χ2n) is 7.14. The van der Waals surface area contributed by atoms with Crippen LogP contribution in [0.3, 0.4) is 0 Å². The summed E-state index contributed by atoms with van der Waals surface area (Å²) in [6.45, 7) is 8.44. The van der Waals surface area contributed by atoms with Gasteiger partial charge in [0.15, 0.2) is 9.04 Å². The zero-order chi connectivity index (χ0) is 20.0. The Labute approximate surface area is 169 Å². The summed E-state index contributed by atoms with van der Waals surface area (Å²) >= 11 is 0. The van der Waals surface area contributed by atoms with Crippen molar-refractivity contribution in [3.05, 3.63) is 78.9 Å². The molecule has 3 aromatic rings. The normalized spacial score (nSPS) is 11.3. The van der Waals surface area contributed by atoms with E-state index in [0.717, 1.165) is 17.2 Å². The van der Waals surface area contributed by atoms with E-state index in [1.807, 2.05) is 78.9 Å². The molecule has 3 aromatic carbocycles. The summed E-state index contributed by atoms with van der Waals surface area (Å²) in [7, 11) is -3.34. The van der Waals surface area contributed by atoms with Gasteiger partial charge in [-0.2, -0.15) is 0 Å². The van der Waals surface area contributed by atoms with Gasteiger partial charge in [0.05, 0.1) is 0 Å². The summed E-state index contributed by atoms with van der Waals surface area (Å²) in [5.74, 6) is 3.69. The van der Waals surface area contributed by atoms with Gasteiger partial charge in [0.1, 0.15) is 28.7 Å². The van der Waals surface area contributed by atoms with E-state index in [4.69, 9.17) is 18.0 Å². The maximum Gasteiger partial charge on any atom is 0.382 e. The number of hydrogen-bond acceptors (Lipinski definition) is 4. The predicted molar refractivity (Wildman–Crippen MR) is 118 cm³/mol. The monoisotopic (exact) mass is 410 g/mol. The molecule has 28 heavy (non-hydrogen) atoms. The first-order chi connectivity index (χ1) is 13.4. The van der Waals surface area contributed by atoms with Crippen molar-refractivity contribution < 1.29 is 18.0 Å². The maximum atomic E-state index is 6.14. The number of rotatable bonds is 8. The molecule has 0 bridgehead atoms. The highest BCUT2D eigenvalue weighted by Crippen LogP contribution is 2.30. The topological polar surface area (TPSA) is 36.9 Å². The van der Waals surface area contributed by atoms with E-state index in [2.05, 4.69) is 26.2 Å². The summed E-state index contributed by atoms with van der Waals surface area (Å²) in [4.78, 5) is 0. The highest BCUT2D eigenvalue weighted by molar-refractivity contribution is 6.73. The van der Waals surface area contributed by atoms with Crippen molar-refractivity contribution >= 4 is 17.6 Å². The third kappa shape index (κ3) is 6.26. The van der Waals surface area contributed by atoms with Gasteiger partial charge in [-0.25, -0.2) is 0 Å². The van der Waals surface area contributed by atoms with Crippen LogP contribution in [-0.4, -0.2) is 17.6 Å². The van der Waals surface area contributed by atoms with Gasteiger partial charge in [0, 0.05) is 12.1 Å². The van der Waals surface area contributed by atoms with E-state index in [1.54, 1.807) is 0 Å². The molecule has 0 aliphatic carbocycles. The van der Waals surface area contributed by atoms with Gasteiger partial charge in [0.2, 0.25) is 0 Å². The van der Waals surface area contributed by atoms with Crippen molar-refractivity contribution in [1.29, 1.82) is 0 Å². The van der Waals surface area contributed by atoms with Crippen LogP contribution in [0, 0.1) is 0 Å². The lowest BCUT2D eigenvalue weighted by Gasteiger charge is -2.26. The van der Waals surface area contributed by atoms with Crippen molar-refractivity contribution in [2.24, 2.45) is 0 Å². The lowest BCUT2D eigenvalue weighted by Crippen LogP contribution is -2.41. The van der Waals surface area contributed by atoms with Crippen LogP contribution in [0.4, 0.5) is 0 Å². The SMILES string of the molecule is C[SiH](C)O[Si](C)(C)Oc1cccc(Oc2cccc(Oc3ccccc3)c2)c1. The molecule has 0 N–H and O–H groups in total.